The molecular formula is C4H8NO. The Morgan fingerprint density at radius 2 is 2.50 bits per heavy atom. The average Bonchev–Trinajstić information content (AvgIpc) is 1.35. The van der Waals surface area contributed by atoms with Crippen molar-refractivity contribution in [3.63, 3.8) is 0 Å². The highest BCUT2D eigenvalue weighted by atomic mass is 16.1. The highest BCUT2D eigenvalue weighted by molar-refractivity contribution is 5.82. The predicted molar refractivity (Wildman–Crippen MR) is 23.8 cm³/mol. The van der Waals surface area contributed by atoms with E-state index in [4.69, 9.17) is 5.73 Å². The van der Waals surface area contributed by atoms with Crippen LogP contribution < -0.4 is 5.73 Å². The van der Waals surface area contributed by atoms with Crippen LogP contribution in [0.3, 0.4) is 0 Å². The molecule has 0 aromatic heterocycles. The Balaban J connectivity index is 2.83. The third kappa shape index (κ3) is 3.47. The van der Waals surface area contributed by atoms with Crippen molar-refractivity contribution in [1.29, 1.82) is 0 Å². The third-order valence-corrected chi connectivity index (χ3v) is 0.405. The summed E-state index contributed by atoms with van der Waals surface area (Å²) in [6.45, 7) is 1.87. The molecule has 0 atom stereocenters. The molecule has 0 aromatic rings. The van der Waals surface area contributed by atoms with Crippen molar-refractivity contribution >= 4 is 5.91 Å². The Morgan fingerprint density at radius 3 is 2.50 bits per heavy atom. The van der Waals surface area contributed by atoms with Crippen LogP contribution in [0.1, 0.15) is 13.3 Å². The normalized spacial score (nSPS) is 8.17. The van der Waals surface area contributed by atoms with Gasteiger partial charge in [-0.15, -0.1) is 0 Å². The fourth-order valence-electron chi connectivity index (χ4n) is 0.201. The van der Waals surface area contributed by atoms with Crippen molar-refractivity contribution in [2.24, 2.45) is 5.73 Å². The van der Waals surface area contributed by atoms with Gasteiger partial charge >= 0.3 is 0 Å². The van der Waals surface area contributed by atoms with Crippen LogP contribution in [0.25, 0.3) is 0 Å². The summed E-state index contributed by atoms with van der Waals surface area (Å²) < 4.78 is 0. The minimum atomic E-state index is -0.336. The van der Waals surface area contributed by atoms with Crippen molar-refractivity contribution < 1.29 is 4.79 Å². The van der Waals surface area contributed by atoms with Crippen molar-refractivity contribution in [2.45, 2.75) is 13.3 Å². The van der Waals surface area contributed by atoms with Crippen LogP contribution in [0.15, 0.2) is 0 Å². The molecule has 0 bridgehead atoms. The second-order valence-corrected chi connectivity index (χ2v) is 1.01. The smallest absolute Gasteiger partial charge is 0.221 e. The topological polar surface area (TPSA) is 43.1 Å². The van der Waals surface area contributed by atoms with Crippen LogP contribution in [0.2, 0.25) is 0 Å². The van der Waals surface area contributed by atoms with E-state index in [0.29, 0.717) is 0 Å². The van der Waals surface area contributed by atoms with E-state index in [1.54, 1.807) is 0 Å². The molecule has 1 amide bonds. The summed E-state index contributed by atoms with van der Waals surface area (Å²) in [5, 5.41) is 0. The lowest BCUT2D eigenvalue weighted by Gasteiger charge is -1.80. The van der Waals surface area contributed by atoms with E-state index in [9.17, 15) is 4.79 Å². The largest absolute Gasteiger partial charge is 0.369 e. The highest BCUT2D eigenvalue weighted by Gasteiger charge is 1.85. The quantitative estimate of drug-likeness (QED) is 0.508. The summed E-state index contributed by atoms with van der Waals surface area (Å²) in [5.41, 5.74) is 4.71. The van der Waals surface area contributed by atoms with Crippen molar-refractivity contribution in [2.75, 3.05) is 0 Å². The maximum atomic E-state index is 9.77. The summed E-state index contributed by atoms with van der Waals surface area (Å²) in [5.74, 6) is -0.336. The van der Waals surface area contributed by atoms with E-state index in [2.05, 4.69) is 0 Å². The van der Waals surface area contributed by atoms with Gasteiger partial charge in [-0.1, -0.05) is 6.92 Å². The zero-order valence-electron chi connectivity index (χ0n) is 3.77. The van der Waals surface area contributed by atoms with Gasteiger partial charge in [0, 0.05) is 6.42 Å². The molecule has 1 radical (unpaired) electrons. The molecule has 0 aromatic carbocycles. The number of hydrogen-bond acceptors (Lipinski definition) is 1. The fraction of sp³-hybridized carbons (Fsp3) is 0.500. The first kappa shape index (κ1) is 5.47. The van der Waals surface area contributed by atoms with Gasteiger partial charge < -0.3 is 5.73 Å². The highest BCUT2D eigenvalue weighted by Crippen LogP contribution is 1.77. The number of carbonyl (C=O) groups excluding carboxylic acids is 1. The number of hydrogen-bond donors (Lipinski definition) is 1. The molecule has 2 nitrogen and oxygen atoms in total. The molecule has 0 aliphatic rings. The maximum absolute atomic E-state index is 9.77. The van der Waals surface area contributed by atoms with E-state index in [-0.39, 0.29) is 5.91 Å². The molecule has 2 N–H and O–H groups in total. The van der Waals surface area contributed by atoms with Crippen molar-refractivity contribution in [3.05, 3.63) is 6.42 Å². The van der Waals surface area contributed by atoms with Gasteiger partial charge in [-0.2, -0.15) is 0 Å². The van der Waals surface area contributed by atoms with Gasteiger partial charge in [0.05, 0.1) is 0 Å². The van der Waals surface area contributed by atoms with Gasteiger partial charge in [0.2, 0.25) is 5.91 Å². The van der Waals surface area contributed by atoms with E-state index in [1.165, 1.54) is 6.42 Å². The molecule has 6 heavy (non-hydrogen) atoms. The molecule has 0 saturated carbocycles. The van der Waals surface area contributed by atoms with Crippen molar-refractivity contribution in [3.8, 4) is 0 Å². The van der Waals surface area contributed by atoms with Crippen LogP contribution in [0, 0.1) is 6.42 Å². The standard InChI is InChI=1S/C4H8NO/c1-2-3-4(5)6/h3H,2H2,1H3,(H2,5,6). The molecular weight excluding hydrogens is 78.0 g/mol. The van der Waals surface area contributed by atoms with Crippen LogP contribution >= 0.6 is 0 Å². The average molecular weight is 86.1 g/mol. The SMILES string of the molecule is CC[CH]C(N)=O. The third-order valence-electron chi connectivity index (χ3n) is 0.405. The Kier molecular flexibility index (Phi) is 2.46. The summed E-state index contributed by atoms with van der Waals surface area (Å²) in [4.78, 5) is 9.77. The number of amides is 1. The minimum absolute atomic E-state index is 0.336. The molecule has 0 aliphatic heterocycles. The number of rotatable bonds is 2. The molecule has 0 unspecified atom stereocenters. The Labute approximate surface area is 37.3 Å². The molecule has 0 saturated heterocycles. The second kappa shape index (κ2) is 2.69. The number of carbonyl (C=O) groups is 1. The first-order valence-corrected chi connectivity index (χ1v) is 1.90. The molecule has 2 heteroatoms. The van der Waals surface area contributed by atoms with Crippen LogP contribution in [0.4, 0.5) is 0 Å². The lowest BCUT2D eigenvalue weighted by Crippen LogP contribution is -2.09. The maximum Gasteiger partial charge on any atom is 0.221 e. The molecule has 0 aliphatic carbocycles. The van der Waals surface area contributed by atoms with Gasteiger partial charge in [0.1, 0.15) is 0 Å². The molecule has 0 spiro atoms. The Bertz CT molecular complexity index is 51.5. The number of primary amides is 1. The van der Waals surface area contributed by atoms with Crippen molar-refractivity contribution in [1.82, 2.24) is 0 Å². The first-order valence-electron chi connectivity index (χ1n) is 1.90. The van der Waals surface area contributed by atoms with Gasteiger partial charge in [0.15, 0.2) is 0 Å². The van der Waals surface area contributed by atoms with Gasteiger partial charge in [-0.3, -0.25) is 4.79 Å². The van der Waals surface area contributed by atoms with Gasteiger partial charge in [-0.05, 0) is 6.42 Å². The van der Waals surface area contributed by atoms with Crippen LogP contribution in [-0.2, 0) is 4.79 Å². The summed E-state index contributed by atoms with van der Waals surface area (Å²) in [6, 6.07) is 0. The number of nitrogens with two attached hydrogens (primary N) is 1. The summed E-state index contributed by atoms with van der Waals surface area (Å²) >= 11 is 0. The first-order chi connectivity index (χ1) is 2.77. The van der Waals surface area contributed by atoms with E-state index in [0.717, 1.165) is 6.42 Å². The Hall–Kier alpha value is -0.530. The zero-order valence-corrected chi connectivity index (χ0v) is 3.77. The molecule has 35 valence electrons. The Morgan fingerprint density at radius 1 is 2.00 bits per heavy atom. The summed E-state index contributed by atoms with van der Waals surface area (Å²) in [7, 11) is 0. The molecule has 0 heterocycles. The second-order valence-electron chi connectivity index (χ2n) is 1.01. The minimum Gasteiger partial charge on any atom is -0.369 e. The fourth-order valence-corrected chi connectivity index (χ4v) is 0.201. The monoisotopic (exact) mass is 86.1 g/mol. The lowest BCUT2D eigenvalue weighted by molar-refractivity contribution is -0.115. The molecule has 0 rings (SSSR count). The van der Waals surface area contributed by atoms with Gasteiger partial charge in [0.25, 0.3) is 0 Å². The lowest BCUT2D eigenvalue weighted by atomic mass is 10.3. The summed E-state index contributed by atoms with van der Waals surface area (Å²) in [6.07, 6.45) is 2.16. The van der Waals surface area contributed by atoms with Gasteiger partial charge in [-0.25, -0.2) is 0 Å². The zero-order chi connectivity index (χ0) is 4.99. The van der Waals surface area contributed by atoms with E-state index < -0.39 is 0 Å². The molecule has 0 fully saturated rings. The predicted octanol–water partition coefficient (Wildman–Crippen LogP) is 0.0860. The van der Waals surface area contributed by atoms with E-state index >= 15 is 0 Å². The van der Waals surface area contributed by atoms with E-state index in [1.807, 2.05) is 6.92 Å². The van der Waals surface area contributed by atoms with Crippen LogP contribution in [-0.4, -0.2) is 5.91 Å². The van der Waals surface area contributed by atoms with Crippen LogP contribution in [0.5, 0.6) is 0 Å².